The van der Waals surface area contributed by atoms with Crippen molar-refractivity contribution in [1.82, 2.24) is 19.7 Å². The van der Waals surface area contributed by atoms with Gasteiger partial charge >= 0.3 is 0 Å². The van der Waals surface area contributed by atoms with Gasteiger partial charge in [0.1, 0.15) is 12.2 Å². The van der Waals surface area contributed by atoms with E-state index in [2.05, 4.69) is 15.0 Å². The Morgan fingerprint density at radius 3 is 2.89 bits per heavy atom. The fourth-order valence-corrected chi connectivity index (χ4v) is 6.08. The molecule has 1 saturated heterocycles. The lowest BCUT2D eigenvalue weighted by molar-refractivity contribution is -0.182. The lowest BCUT2D eigenvalue weighted by Gasteiger charge is -2.45. The third-order valence-corrected chi connectivity index (χ3v) is 7.89. The van der Waals surface area contributed by atoms with Crippen molar-refractivity contribution in [2.24, 2.45) is 5.73 Å². The van der Waals surface area contributed by atoms with E-state index in [1.807, 2.05) is 13.1 Å². The molecular weight excluding hydrogens is 500 g/mol. The van der Waals surface area contributed by atoms with Gasteiger partial charge in [0.25, 0.3) is 11.8 Å². The minimum atomic E-state index is -3.02. The summed E-state index contributed by atoms with van der Waals surface area (Å²) < 4.78 is 42.0. The first-order valence-corrected chi connectivity index (χ1v) is 12.3. The maximum absolute atomic E-state index is 14.4. The first kappa shape index (κ1) is 24.1. The fourth-order valence-electron chi connectivity index (χ4n) is 4.60. The molecule has 1 fully saturated rings. The Hall–Kier alpha value is -2.60. The number of carbonyl (C=O) groups excluding carboxylic acids is 1. The first-order chi connectivity index (χ1) is 16.7. The third kappa shape index (κ3) is 4.65. The molecule has 8 nitrogen and oxygen atoms in total. The number of fused-ring (bicyclic) bond motifs is 2. The van der Waals surface area contributed by atoms with E-state index in [0.717, 1.165) is 11.3 Å². The highest BCUT2D eigenvalue weighted by Gasteiger charge is 2.51. The summed E-state index contributed by atoms with van der Waals surface area (Å²) in [4.78, 5) is 18.3. The minimum Gasteiger partial charge on any atom is -0.480 e. The summed E-state index contributed by atoms with van der Waals surface area (Å²) in [7, 11) is 0. The van der Waals surface area contributed by atoms with Crippen molar-refractivity contribution in [1.29, 1.82) is 0 Å². The van der Waals surface area contributed by atoms with Crippen molar-refractivity contribution < 1.29 is 23.0 Å². The number of piperidine rings is 1. The number of pyridine rings is 1. The molecule has 5 heterocycles. The molecule has 0 saturated carbocycles. The highest BCUT2D eigenvalue weighted by Crippen LogP contribution is 2.52. The summed E-state index contributed by atoms with van der Waals surface area (Å²) in [5.74, 6) is -2.74. The van der Waals surface area contributed by atoms with Gasteiger partial charge in [-0.3, -0.25) is 9.69 Å². The van der Waals surface area contributed by atoms with Gasteiger partial charge in [0.2, 0.25) is 0 Å². The summed E-state index contributed by atoms with van der Waals surface area (Å²) in [6.45, 7) is 3.04. The average molecular weight is 524 g/mol. The normalized spacial score (nSPS) is 19.0. The van der Waals surface area contributed by atoms with Gasteiger partial charge in [-0.25, -0.2) is 9.67 Å². The Balaban J connectivity index is 1.30. The SMILES string of the molecule is Cc1nn(-c2ncccc2OCC(N)=O)cc1CN1CCC2(CC1)OCC(F)(F)c1cc(Cl)sc12. The van der Waals surface area contributed by atoms with Crippen LogP contribution in [-0.4, -0.2) is 51.9 Å². The number of primary amides is 1. The lowest BCUT2D eigenvalue weighted by Crippen LogP contribution is -2.48. The Morgan fingerprint density at radius 1 is 1.37 bits per heavy atom. The van der Waals surface area contributed by atoms with Crippen molar-refractivity contribution in [3.8, 4) is 11.6 Å². The van der Waals surface area contributed by atoms with Gasteiger partial charge in [-0.05, 0) is 38.0 Å². The molecule has 35 heavy (non-hydrogen) atoms. The molecule has 0 atom stereocenters. The summed E-state index contributed by atoms with van der Waals surface area (Å²) in [6.07, 6.45) is 4.71. The topological polar surface area (TPSA) is 95.5 Å². The number of nitrogens with zero attached hydrogens (tertiary/aromatic N) is 4. The number of rotatable bonds is 6. The monoisotopic (exact) mass is 523 g/mol. The van der Waals surface area contributed by atoms with Crippen molar-refractivity contribution in [3.63, 3.8) is 0 Å². The predicted octanol–water partition coefficient (Wildman–Crippen LogP) is 3.77. The van der Waals surface area contributed by atoms with Crippen molar-refractivity contribution in [2.45, 2.75) is 37.8 Å². The molecule has 0 aromatic carbocycles. The minimum absolute atomic E-state index is 0.00837. The molecule has 0 unspecified atom stereocenters. The van der Waals surface area contributed by atoms with E-state index in [0.29, 0.717) is 53.3 Å². The zero-order valence-electron chi connectivity index (χ0n) is 19.0. The first-order valence-electron chi connectivity index (χ1n) is 11.1. The second-order valence-electron chi connectivity index (χ2n) is 8.82. The van der Waals surface area contributed by atoms with Crippen LogP contribution in [0.4, 0.5) is 8.78 Å². The zero-order valence-corrected chi connectivity index (χ0v) is 20.5. The van der Waals surface area contributed by atoms with Crippen LogP contribution in [0.15, 0.2) is 30.6 Å². The number of ether oxygens (including phenoxy) is 2. The van der Waals surface area contributed by atoms with Crippen molar-refractivity contribution in [3.05, 3.63) is 56.6 Å². The fraction of sp³-hybridized carbons (Fsp3) is 0.435. The van der Waals surface area contributed by atoms with Crippen LogP contribution in [-0.2, 0) is 27.6 Å². The number of thiophene rings is 1. The van der Waals surface area contributed by atoms with Gasteiger partial charge < -0.3 is 15.2 Å². The van der Waals surface area contributed by atoms with Crippen LogP contribution in [0, 0.1) is 6.92 Å². The van der Waals surface area contributed by atoms with Crippen LogP contribution in [0.2, 0.25) is 4.34 Å². The van der Waals surface area contributed by atoms with Crippen LogP contribution >= 0.6 is 22.9 Å². The van der Waals surface area contributed by atoms with Gasteiger partial charge in [0.15, 0.2) is 18.2 Å². The second-order valence-corrected chi connectivity index (χ2v) is 10.5. The Bertz CT molecular complexity index is 1260. The van der Waals surface area contributed by atoms with E-state index in [9.17, 15) is 13.6 Å². The predicted molar refractivity (Wildman–Crippen MR) is 126 cm³/mol. The molecule has 0 aliphatic carbocycles. The van der Waals surface area contributed by atoms with Crippen LogP contribution in [0.25, 0.3) is 5.82 Å². The summed E-state index contributed by atoms with van der Waals surface area (Å²) in [5, 5.41) is 4.58. The Morgan fingerprint density at radius 2 is 2.14 bits per heavy atom. The van der Waals surface area contributed by atoms with Crippen LogP contribution in [0.1, 0.15) is 34.5 Å². The zero-order chi connectivity index (χ0) is 24.8. The highest BCUT2D eigenvalue weighted by atomic mass is 35.5. The highest BCUT2D eigenvalue weighted by molar-refractivity contribution is 7.16. The molecule has 1 amide bonds. The number of carbonyl (C=O) groups is 1. The number of hydrogen-bond donors (Lipinski definition) is 1. The molecule has 186 valence electrons. The number of aromatic nitrogens is 3. The summed E-state index contributed by atoms with van der Waals surface area (Å²) in [6, 6.07) is 4.79. The van der Waals surface area contributed by atoms with E-state index >= 15 is 0 Å². The largest absolute Gasteiger partial charge is 0.480 e. The molecule has 0 bridgehead atoms. The molecule has 1 spiro atoms. The van der Waals surface area contributed by atoms with E-state index in [1.54, 1.807) is 23.0 Å². The molecule has 2 aliphatic heterocycles. The van der Waals surface area contributed by atoms with Crippen LogP contribution in [0.5, 0.6) is 5.75 Å². The molecule has 5 rings (SSSR count). The van der Waals surface area contributed by atoms with Crippen LogP contribution in [0.3, 0.4) is 0 Å². The summed E-state index contributed by atoms with van der Waals surface area (Å²) >= 11 is 7.30. The van der Waals surface area contributed by atoms with Gasteiger partial charge in [-0.1, -0.05) is 11.6 Å². The van der Waals surface area contributed by atoms with Crippen molar-refractivity contribution >= 4 is 28.8 Å². The summed E-state index contributed by atoms with van der Waals surface area (Å²) in [5.41, 5.74) is 6.32. The molecule has 0 radical (unpaired) electrons. The number of likely N-dealkylation sites (tertiary alicyclic amines) is 1. The maximum atomic E-state index is 14.4. The standard InChI is InChI=1S/C23H24ClF2N5O3S/c1-14-15(11-31(29-14)21-17(3-2-6-28-21)33-12-19(27)32)10-30-7-4-22(5-8-30)20-16(9-18(24)35-20)23(25,26)13-34-22/h2-3,6,9,11H,4-5,7-8,10,12-13H2,1H3,(H2,27,32). The van der Waals surface area contributed by atoms with E-state index in [-0.39, 0.29) is 12.2 Å². The molecular formula is C23H24ClF2N5O3S. The number of alkyl halides is 2. The third-order valence-electron chi connectivity index (χ3n) is 6.44. The molecule has 3 aromatic rings. The van der Waals surface area contributed by atoms with Gasteiger partial charge in [0.05, 0.1) is 10.0 Å². The maximum Gasteiger partial charge on any atom is 0.297 e. The van der Waals surface area contributed by atoms with E-state index < -0.39 is 24.0 Å². The van der Waals surface area contributed by atoms with E-state index in [1.165, 1.54) is 17.4 Å². The Kier molecular flexibility index (Phi) is 6.28. The number of hydrogen-bond acceptors (Lipinski definition) is 7. The molecule has 2 N–H and O–H groups in total. The molecule has 12 heteroatoms. The van der Waals surface area contributed by atoms with Gasteiger partial charge in [-0.2, -0.15) is 13.9 Å². The molecule has 2 aliphatic rings. The Labute approximate surface area is 209 Å². The average Bonchev–Trinajstić information content (AvgIpc) is 3.41. The lowest BCUT2D eigenvalue weighted by atomic mass is 9.84. The number of nitrogens with two attached hydrogens (primary N) is 1. The van der Waals surface area contributed by atoms with E-state index in [4.69, 9.17) is 26.8 Å². The smallest absolute Gasteiger partial charge is 0.297 e. The van der Waals surface area contributed by atoms with Crippen LogP contribution < -0.4 is 10.5 Å². The molecule has 3 aromatic heterocycles. The number of aryl methyl sites for hydroxylation is 1. The quantitative estimate of drug-likeness (QED) is 0.528. The van der Waals surface area contributed by atoms with Crippen molar-refractivity contribution in [2.75, 3.05) is 26.3 Å². The second kappa shape index (κ2) is 9.12. The number of halogens is 3. The van der Waals surface area contributed by atoms with Gasteiger partial charge in [-0.15, -0.1) is 11.3 Å². The number of amides is 1. The van der Waals surface area contributed by atoms with Gasteiger partial charge in [0, 0.05) is 48.0 Å².